The van der Waals surface area contributed by atoms with Crippen molar-refractivity contribution in [1.82, 2.24) is 0 Å². The summed E-state index contributed by atoms with van der Waals surface area (Å²) < 4.78 is 11.3. The molecule has 6 heterocycles. The largest absolute Gasteiger partial charge is 0.466 e. The topological polar surface area (TPSA) is 121 Å². The van der Waals surface area contributed by atoms with Gasteiger partial charge in [0, 0.05) is 40.7 Å². The third-order valence-corrected chi connectivity index (χ3v) is 14.8. The fourth-order valence-electron chi connectivity index (χ4n) is 10.6. The summed E-state index contributed by atoms with van der Waals surface area (Å²) >= 11 is 0. The molecule has 65 heavy (non-hydrogen) atoms. The summed E-state index contributed by atoms with van der Waals surface area (Å²) in [6.07, 6.45) is 21.9. The molecule has 7 rings (SSSR count). The molecule has 0 amide bonds. The summed E-state index contributed by atoms with van der Waals surface area (Å²) in [6.45, 7) is 26.3. The molecule has 10 nitrogen and oxygen atoms in total. The predicted octanol–water partition coefficient (Wildman–Crippen LogP) is 12.5. The molecule has 0 aromatic heterocycles. The molecule has 0 aromatic carbocycles. The summed E-state index contributed by atoms with van der Waals surface area (Å²) in [6, 6.07) is 0. The van der Waals surface area contributed by atoms with Crippen molar-refractivity contribution in [3.05, 3.63) is 104 Å². The maximum absolute atomic E-state index is 14.0. The highest BCUT2D eigenvalue weighted by Gasteiger charge is 2.72. The third kappa shape index (κ3) is 9.58. The number of carbonyl (C=O) groups is 2. The van der Waals surface area contributed by atoms with E-state index >= 15 is 0 Å². The Morgan fingerprint density at radius 2 is 1.49 bits per heavy atom. The van der Waals surface area contributed by atoms with Crippen molar-refractivity contribution in [2.24, 2.45) is 49.6 Å². The van der Waals surface area contributed by atoms with Crippen LogP contribution in [0.25, 0.3) is 0 Å². The van der Waals surface area contributed by atoms with E-state index in [0.29, 0.717) is 23.4 Å². The van der Waals surface area contributed by atoms with Crippen LogP contribution >= 0.6 is 0 Å². The molecule has 0 N–H and O–H groups in total. The van der Waals surface area contributed by atoms with Crippen LogP contribution in [0.5, 0.6) is 0 Å². The van der Waals surface area contributed by atoms with Gasteiger partial charge in [0.2, 0.25) is 0 Å². The number of ether oxygens (including phenoxy) is 2. The molecule has 0 aromatic rings. The van der Waals surface area contributed by atoms with Gasteiger partial charge in [-0.25, -0.2) is 29.5 Å². The van der Waals surface area contributed by atoms with Gasteiger partial charge in [-0.05, 0) is 118 Å². The molecule has 0 spiro atoms. The second-order valence-corrected chi connectivity index (χ2v) is 19.9. The molecule has 10 heteroatoms. The van der Waals surface area contributed by atoms with E-state index in [0.717, 1.165) is 105 Å². The number of hydrogen-bond acceptors (Lipinski definition) is 10. The van der Waals surface area contributed by atoms with Gasteiger partial charge in [-0.15, -0.1) is 0 Å². The minimum Gasteiger partial charge on any atom is -0.466 e. The highest BCUT2D eigenvalue weighted by molar-refractivity contribution is 6.26. The van der Waals surface area contributed by atoms with Crippen LogP contribution < -0.4 is 0 Å². The molecule has 1 aliphatic carbocycles. The van der Waals surface area contributed by atoms with Gasteiger partial charge in [0.25, 0.3) is 5.60 Å². The smallest absolute Gasteiger partial charge is 0.349 e. The van der Waals surface area contributed by atoms with Crippen molar-refractivity contribution in [2.75, 3.05) is 13.7 Å². The standard InChI is InChI=1S/C55H72N4O6/c1-13-39-35(8)42-28-44-37(10)41(24-25-48(60)63-27-26-34(7)23-17-22-33(6)21-16-20-32(5)19-15-18-31(3)4)51(58-44)50-52-49(53-55(50,65-64-53)54(61)62-12)38(11)45(59-52)30-47-40(14-2)36(9)43(57-47)29-46(39)56-42/h13,26,28-33,37,41,53H,1,14-25,27H2,2-12H3. The van der Waals surface area contributed by atoms with Crippen LogP contribution in [-0.2, 0) is 28.8 Å². The zero-order valence-electron chi connectivity index (χ0n) is 41.0. The highest BCUT2D eigenvalue weighted by atomic mass is 17.3. The fraction of sp³-hybridized carbons (Fsp3) is 0.564. The monoisotopic (exact) mass is 885 g/mol. The zero-order chi connectivity index (χ0) is 46.7. The number of fused-ring (bicyclic) bond motifs is 7. The van der Waals surface area contributed by atoms with Crippen molar-refractivity contribution in [3.8, 4) is 0 Å². The van der Waals surface area contributed by atoms with E-state index in [9.17, 15) is 9.59 Å². The number of nitrogens with zero attached hydrogens (tertiary/aromatic N) is 4. The van der Waals surface area contributed by atoms with Crippen LogP contribution in [0.2, 0.25) is 0 Å². The number of esters is 2. The number of carbonyl (C=O) groups excluding carboxylic acids is 2. The first-order valence-corrected chi connectivity index (χ1v) is 24.4. The Morgan fingerprint density at radius 1 is 0.846 bits per heavy atom. The van der Waals surface area contributed by atoms with Crippen LogP contribution in [0.15, 0.2) is 124 Å². The average molecular weight is 885 g/mol. The molecule has 6 atom stereocenters. The Kier molecular flexibility index (Phi) is 15.1. The minimum absolute atomic E-state index is 0.159. The van der Waals surface area contributed by atoms with Crippen LogP contribution in [0.1, 0.15) is 146 Å². The van der Waals surface area contributed by atoms with Gasteiger partial charge in [-0.3, -0.25) is 9.79 Å². The molecule has 6 unspecified atom stereocenters. The number of aliphatic imine (C=N–C) groups is 4. The van der Waals surface area contributed by atoms with Crippen LogP contribution in [0.3, 0.4) is 0 Å². The van der Waals surface area contributed by atoms with Gasteiger partial charge in [-0.2, -0.15) is 0 Å². The first kappa shape index (κ1) is 48.1. The first-order valence-electron chi connectivity index (χ1n) is 24.4. The SMILES string of the molecule is C=CC1=C(C)C2=CC3=NC(=C4C5=NC(=CC6=NC(=CC1=N2)C(C)=C6CC)C(C)=C5C1OOC41C(=O)OC)C(CCC(=O)OCC=C(C)CCCC(C)CCCC(C)CCCC(C)C)C3C. The summed E-state index contributed by atoms with van der Waals surface area (Å²) in [5, 5.41) is 0. The molecule has 1 saturated carbocycles. The predicted molar refractivity (Wildman–Crippen MR) is 262 cm³/mol. The first-order chi connectivity index (χ1) is 31.1. The van der Waals surface area contributed by atoms with E-state index in [1.807, 2.05) is 44.2 Å². The molecular weight excluding hydrogens is 813 g/mol. The van der Waals surface area contributed by atoms with E-state index in [2.05, 4.69) is 62.0 Å². The third-order valence-electron chi connectivity index (χ3n) is 14.8. The van der Waals surface area contributed by atoms with Gasteiger partial charge in [0.1, 0.15) is 6.61 Å². The van der Waals surface area contributed by atoms with Gasteiger partial charge in [-0.1, -0.05) is 105 Å². The number of rotatable bonds is 20. The van der Waals surface area contributed by atoms with E-state index in [1.165, 1.54) is 57.6 Å². The van der Waals surface area contributed by atoms with Crippen LogP contribution in [0, 0.1) is 29.6 Å². The molecule has 6 aliphatic heterocycles. The lowest BCUT2D eigenvalue weighted by Crippen LogP contribution is -2.60. The molecule has 8 bridgehead atoms. The van der Waals surface area contributed by atoms with Crippen molar-refractivity contribution >= 4 is 34.8 Å². The molecular formula is C55H72N4O6. The van der Waals surface area contributed by atoms with Crippen molar-refractivity contribution < 1.29 is 28.8 Å². The maximum Gasteiger partial charge on any atom is 0.349 e. The Balaban J connectivity index is 1.10. The Bertz CT molecular complexity index is 2370. The summed E-state index contributed by atoms with van der Waals surface area (Å²) in [7, 11) is 1.35. The lowest BCUT2D eigenvalue weighted by Gasteiger charge is -2.40. The van der Waals surface area contributed by atoms with E-state index in [-0.39, 0.29) is 30.8 Å². The van der Waals surface area contributed by atoms with E-state index < -0.39 is 17.7 Å². The fourth-order valence-corrected chi connectivity index (χ4v) is 10.6. The summed E-state index contributed by atoms with van der Waals surface area (Å²) in [5.74, 6) is 1.02. The number of methoxy groups -OCH3 is 1. The van der Waals surface area contributed by atoms with E-state index in [1.54, 1.807) is 0 Å². The maximum atomic E-state index is 14.0. The molecule has 1 saturated heterocycles. The second-order valence-electron chi connectivity index (χ2n) is 19.9. The Hall–Kier alpha value is -4.80. The average Bonchev–Trinajstić information content (AvgIpc) is 3.97. The van der Waals surface area contributed by atoms with Crippen molar-refractivity contribution in [3.63, 3.8) is 0 Å². The second kappa shape index (κ2) is 20.4. The lowest BCUT2D eigenvalue weighted by molar-refractivity contribution is -0.470. The Morgan fingerprint density at radius 3 is 2.14 bits per heavy atom. The Labute approximate surface area is 387 Å². The van der Waals surface area contributed by atoms with Crippen molar-refractivity contribution in [1.29, 1.82) is 0 Å². The zero-order valence-corrected chi connectivity index (χ0v) is 41.0. The summed E-state index contributed by atoms with van der Waals surface area (Å²) in [5.41, 5.74) is 11.9. The number of allylic oxidation sites excluding steroid dienone is 11. The molecule has 2 fully saturated rings. The molecule has 348 valence electrons. The van der Waals surface area contributed by atoms with Crippen LogP contribution in [0.4, 0.5) is 0 Å². The number of hydrogen-bond donors (Lipinski definition) is 0. The van der Waals surface area contributed by atoms with E-state index in [4.69, 9.17) is 39.2 Å². The van der Waals surface area contributed by atoms with Gasteiger partial charge >= 0.3 is 11.9 Å². The molecule has 7 aliphatic rings. The minimum atomic E-state index is -1.59. The summed E-state index contributed by atoms with van der Waals surface area (Å²) in [4.78, 5) is 60.0. The van der Waals surface area contributed by atoms with Gasteiger partial charge < -0.3 is 9.47 Å². The molecule has 0 radical (unpaired) electrons. The van der Waals surface area contributed by atoms with Crippen molar-refractivity contribution in [2.45, 2.75) is 158 Å². The highest BCUT2D eigenvalue weighted by Crippen LogP contribution is 2.57. The van der Waals surface area contributed by atoms with Gasteiger partial charge in [0.05, 0.1) is 47.0 Å². The quantitative estimate of drug-likeness (QED) is 0.0682. The normalized spacial score (nSPS) is 25.5. The van der Waals surface area contributed by atoms with Gasteiger partial charge in [0.15, 0.2) is 6.10 Å². The lowest BCUT2D eigenvalue weighted by atomic mass is 9.81. The van der Waals surface area contributed by atoms with Crippen LogP contribution in [-0.4, -0.2) is 60.2 Å².